The SMILES string of the molecule is O=C(COc1ccc(Cl)c(Cl)c1)Nc1cccc(NC(=O)c2ccco2)c1. The minimum absolute atomic E-state index is 0.194. The number of ether oxygens (including phenoxy) is 1. The number of rotatable bonds is 6. The highest BCUT2D eigenvalue weighted by Crippen LogP contribution is 2.26. The van der Waals surface area contributed by atoms with E-state index in [0.717, 1.165) is 0 Å². The van der Waals surface area contributed by atoms with Crippen molar-refractivity contribution < 1.29 is 18.7 Å². The molecule has 27 heavy (non-hydrogen) atoms. The van der Waals surface area contributed by atoms with E-state index in [9.17, 15) is 9.59 Å². The molecule has 2 aromatic carbocycles. The van der Waals surface area contributed by atoms with Crippen LogP contribution < -0.4 is 15.4 Å². The van der Waals surface area contributed by atoms with E-state index in [1.165, 1.54) is 12.3 Å². The maximum Gasteiger partial charge on any atom is 0.291 e. The molecule has 0 radical (unpaired) electrons. The van der Waals surface area contributed by atoms with Gasteiger partial charge in [-0.3, -0.25) is 9.59 Å². The van der Waals surface area contributed by atoms with Gasteiger partial charge in [0.1, 0.15) is 5.75 Å². The Morgan fingerprint density at radius 1 is 0.926 bits per heavy atom. The fourth-order valence-electron chi connectivity index (χ4n) is 2.19. The van der Waals surface area contributed by atoms with Crippen molar-refractivity contribution in [3.05, 3.63) is 76.7 Å². The van der Waals surface area contributed by atoms with E-state index in [0.29, 0.717) is 27.2 Å². The van der Waals surface area contributed by atoms with E-state index < -0.39 is 0 Å². The highest BCUT2D eigenvalue weighted by molar-refractivity contribution is 6.42. The molecule has 0 atom stereocenters. The molecule has 2 amide bonds. The van der Waals surface area contributed by atoms with Crippen LogP contribution in [0.1, 0.15) is 10.6 Å². The van der Waals surface area contributed by atoms with E-state index in [1.807, 2.05) is 0 Å². The van der Waals surface area contributed by atoms with E-state index in [-0.39, 0.29) is 24.2 Å². The summed E-state index contributed by atoms with van der Waals surface area (Å²) in [5, 5.41) is 6.12. The molecule has 2 N–H and O–H groups in total. The second-order valence-electron chi connectivity index (χ2n) is 5.42. The molecule has 0 unspecified atom stereocenters. The summed E-state index contributed by atoms with van der Waals surface area (Å²) in [5.74, 6) is -0.125. The molecular formula is C19H14Cl2N2O4. The summed E-state index contributed by atoms with van der Waals surface area (Å²) in [5.41, 5.74) is 1.02. The van der Waals surface area contributed by atoms with Crippen LogP contribution in [0, 0.1) is 0 Å². The first-order chi connectivity index (χ1) is 13.0. The number of hydrogen-bond acceptors (Lipinski definition) is 4. The Kier molecular flexibility index (Phi) is 6.01. The molecule has 6 nitrogen and oxygen atoms in total. The van der Waals surface area contributed by atoms with Crippen LogP contribution in [0.3, 0.4) is 0 Å². The first kappa shape index (κ1) is 18.8. The van der Waals surface area contributed by atoms with Crippen molar-refractivity contribution in [3.8, 4) is 5.75 Å². The van der Waals surface area contributed by atoms with E-state index in [4.69, 9.17) is 32.4 Å². The molecule has 0 fully saturated rings. The number of benzene rings is 2. The van der Waals surface area contributed by atoms with E-state index in [2.05, 4.69) is 10.6 Å². The first-order valence-corrected chi connectivity index (χ1v) is 8.59. The quantitative estimate of drug-likeness (QED) is 0.614. The van der Waals surface area contributed by atoms with Crippen LogP contribution in [0.25, 0.3) is 0 Å². The Hall–Kier alpha value is -2.96. The normalized spacial score (nSPS) is 10.3. The lowest BCUT2D eigenvalue weighted by Gasteiger charge is -2.10. The minimum Gasteiger partial charge on any atom is -0.484 e. The van der Waals surface area contributed by atoms with Crippen LogP contribution in [0.4, 0.5) is 11.4 Å². The van der Waals surface area contributed by atoms with Gasteiger partial charge in [-0.05, 0) is 42.5 Å². The largest absolute Gasteiger partial charge is 0.484 e. The summed E-state index contributed by atoms with van der Waals surface area (Å²) in [6.07, 6.45) is 1.42. The van der Waals surface area contributed by atoms with Crippen molar-refractivity contribution in [2.24, 2.45) is 0 Å². The lowest BCUT2D eigenvalue weighted by Crippen LogP contribution is -2.20. The fourth-order valence-corrected chi connectivity index (χ4v) is 2.48. The van der Waals surface area contributed by atoms with Gasteiger partial charge in [0.05, 0.1) is 16.3 Å². The van der Waals surface area contributed by atoms with Crippen molar-refractivity contribution in [1.82, 2.24) is 0 Å². The monoisotopic (exact) mass is 404 g/mol. The summed E-state index contributed by atoms with van der Waals surface area (Å²) >= 11 is 11.7. The highest BCUT2D eigenvalue weighted by atomic mass is 35.5. The number of furan rings is 1. The Labute approximate surface area is 165 Å². The Balaban J connectivity index is 1.56. The van der Waals surface area contributed by atoms with Crippen molar-refractivity contribution in [1.29, 1.82) is 0 Å². The van der Waals surface area contributed by atoms with Crippen molar-refractivity contribution >= 4 is 46.4 Å². The van der Waals surface area contributed by atoms with Crippen molar-refractivity contribution in [3.63, 3.8) is 0 Å². The van der Waals surface area contributed by atoms with Gasteiger partial charge in [-0.25, -0.2) is 0 Å². The van der Waals surface area contributed by atoms with E-state index >= 15 is 0 Å². The van der Waals surface area contributed by atoms with Crippen LogP contribution in [0.2, 0.25) is 10.0 Å². The molecule has 138 valence electrons. The maximum atomic E-state index is 12.1. The van der Waals surface area contributed by atoms with Crippen molar-refractivity contribution in [2.45, 2.75) is 0 Å². The summed E-state index contributed by atoms with van der Waals surface area (Å²) in [4.78, 5) is 24.0. The molecule has 8 heteroatoms. The van der Waals surface area contributed by atoms with Gasteiger partial charge in [-0.2, -0.15) is 0 Å². The van der Waals surface area contributed by atoms with Crippen LogP contribution in [-0.2, 0) is 4.79 Å². The molecule has 0 aliphatic rings. The second kappa shape index (κ2) is 8.62. The zero-order chi connectivity index (χ0) is 19.2. The molecular weight excluding hydrogens is 391 g/mol. The van der Waals surface area contributed by atoms with Crippen LogP contribution >= 0.6 is 23.2 Å². The maximum absolute atomic E-state index is 12.1. The molecule has 3 rings (SSSR count). The molecule has 0 bridgehead atoms. The average Bonchev–Trinajstić information content (AvgIpc) is 3.18. The Morgan fingerprint density at radius 2 is 1.70 bits per heavy atom. The van der Waals surface area contributed by atoms with Gasteiger partial charge < -0.3 is 19.8 Å². The summed E-state index contributed by atoms with van der Waals surface area (Å²) < 4.78 is 10.4. The number of nitrogens with one attached hydrogen (secondary N) is 2. The van der Waals surface area contributed by atoms with Gasteiger partial charge in [0.2, 0.25) is 0 Å². The average molecular weight is 405 g/mol. The molecule has 3 aromatic rings. The number of halogens is 2. The molecule has 0 saturated heterocycles. The standard InChI is InChI=1S/C19H14Cl2N2O4/c20-15-7-6-14(10-16(15)21)27-11-18(24)22-12-3-1-4-13(9-12)23-19(25)17-5-2-8-26-17/h1-10H,11H2,(H,22,24)(H,23,25). The zero-order valence-electron chi connectivity index (χ0n) is 13.9. The third-order valence-electron chi connectivity index (χ3n) is 3.41. The van der Waals surface area contributed by atoms with Crippen LogP contribution in [0.5, 0.6) is 5.75 Å². The van der Waals surface area contributed by atoms with Gasteiger partial charge in [-0.15, -0.1) is 0 Å². The molecule has 0 saturated carbocycles. The number of carbonyl (C=O) groups is 2. The molecule has 1 heterocycles. The second-order valence-corrected chi connectivity index (χ2v) is 6.24. The van der Waals surface area contributed by atoms with Gasteiger partial charge in [0.25, 0.3) is 11.8 Å². The zero-order valence-corrected chi connectivity index (χ0v) is 15.4. The molecule has 1 aromatic heterocycles. The van der Waals surface area contributed by atoms with Crippen LogP contribution in [0.15, 0.2) is 65.3 Å². The van der Waals surface area contributed by atoms with Gasteiger partial charge in [-0.1, -0.05) is 29.3 Å². The highest BCUT2D eigenvalue weighted by Gasteiger charge is 2.10. The van der Waals surface area contributed by atoms with E-state index in [1.54, 1.807) is 48.5 Å². The minimum atomic E-state index is -0.383. The summed E-state index contributed by atoms with van der Waals surface area (Å²) in [6, 6.07) is 14.6. The van der Waals surface area contributed by atoms with Crippen LogP contribution in [-0.4, -0.2) is 18.4 Å². The van der Waals surface area contributed by atoms with Crippen molar-refractivity contribution in [2.75, 3.05) is 17.2 Å². The Morgan fingerprint density at radius 3 is 2.41 bits per heavy atom. The number of carbonyl (C=O) groups excluding carboxylic acids is 2. The Bertz CT molecular complexity index is 958. The number of hydrogen-bond donors (Lipinski definition) is 2. The van der Waals surface area contributed by atoms with Gasteiger partial charge in [0.15, 0.2) is 12.4 Å². The predicted octanol–water partition coefficient (Wildman–Crippen LogP) is 4.86. The molecule has 0 aliphatic heterocycles. The first-order valence-electron chi connectivity index (χ1n) is 7.84. The number of anilines is 2. The summed E-state index contributed by atoms with van der Waals surface area (Å²) in [7, 11) is 0. The third kappa shape index (κ3) is 5.26. The third-order valence-corrected chi connectivity index (χ3v) is 4.15. The molecule has 0 spiro atoms. The lowest BCUT2D eigenvalue weighted by atomic mass is 10.2. The topological polar surface area (TPSA) is 80.6 Å². The fraction of sp³-hybridized carbons (Fsp3) is 0.0526. The summed E-state index contributed by atoms with van der Waals surface area (Å²) in [6.45, 7) is -0.207. The van der Waals surface area contributed by atoms with Gasteiger partial charge >= 0.3 is 0 Å². The molecule has 0 aliphatic carbocycles. The smallest absolute Gasteiger partial charge is 0.291 e. The van der Waals surface area contributed by atoms with Gasteiger partial charge in [0, 0.05) is 17.4 Å². The predicted molar refractivity (Wildman–Crippen MR) is 104 cm³/mol. The number of amides is 2. The lowest BCUT2D eigenvalue weighted by molar-refractivity contribution is -0.118.